The summed E-state index contributed by atoms with van der Waals surface area (Å²) in [7, 11) is 3.37. The minimum Gasteiger partial charge on any atom is -0.467 e. The van der Waals surface area contributed by atoms with Crippen molar-refractivity contribution in [2.75, 3.05) is 14.1 Å². The van der Waals surface area contributed by atoms with E-state index in [2.05, 4.69) is 0 Å². The van der Waals surface area contributed by atoms with Crippen molar-refractivity contribution in [1.82, 2.24) is 9.80 Å². The number of likely N-dealkylation sites (tertiary alicyclic amines) is 1. The van der Waals surface area contributed by atoms with Gasteiger partial charge in [0.1, 0.15) is 11.6 Å². The first kappa shape index (κ1) is 16.2. The molecule has 1 aromatic carbocycles. The number of rotatable bonds is 4. The van der Waals surface area contributed by atoms with Crippen LogP contribution < -0.4 is 0 Å². The monoisotopic (exact) mass is 330 g/mol. The van der Waals surface area contributed by atoms with E-state index in [4.69, 9.17) is 4.42 Å². The Morgan fingerprint density at radius 1 is 1.33 bits per heavy atom. The molecule has 24 heavy (non-hydrogen) atoms. The topological polar surface area (TPSA) is 53.8 Å². The Bertz CT molecular complexity index is 727. The molecule has 1 aliphatic heterocycles. The smallest absolute Gasteiger partial charge is 0.228 e. The Kier molecular flexibility index (Phi) is 4.38. The van der Waals surface area contributed by atoms with E-state index in [0.29, 0.717) is 12.3 Å². The molecule has 0 aliphatic carbocycles. The van der Waals surface area contributed by atoms with E-state index in [1.807, 2.05) is 0 Å². The Morgan fingerprint density at radius 2 is 2.04 bits per heavy atom. The van der Waals surface area contributed by atoms with E-state index in [0.717, 1.165) is 5.56 Å². The van der Waals surface area contributed by atoms with Crippen LogP contribution in [0, 0.1) is 11.7 Å². The first-order valence-electron chi connectivity index (χ1n) is 7.76. The van der Waals surface area contributed by atoms with Gasteiger partial charge < -0.3 is 14.2 Å². The van der Waals surface area contributed by atoms with Crippen LogP contribution in [0.25, 0.3) is 0 Å². The Balaban J connectivity index is 1.82. The molecule has 1 aliphatic rings. The second-order valence-electron chi connectivity index (χ2n) is 6.09. The minimum absolute atomic E-state index is 0.0888. The van der Waals surface area contributed by atoms with Gasteiger partial charge in [-0.05, 0) is 29.8 Å². The maximum absolute atomic E-state index is 13.2. The van der Waals surface area contributed by atoms with Crippen molar-refractivity contribution < 1.29 is 18.4 Å². The van der Waals surface area contributed by atoms with Crippen LogP contribution in [0.15, 0.2) is 47.1 Å². The van der Waals surface area contributed by atoms with Gasteiger partial charge in [0.25, 0.3) is 0 Å². The van der Waals surface area contributed by atoms with Gasteiger partial charge in [-0.1, -0.05) is 12.1 Å². The lowest BCUT2D eigenvalue weighted by Crippen LogP contribution is -2.35. The van der Waals surface area contributed by atoms with Gasteiger partial charge in [0, 0.05) is 20.5 Å². The van der Waals surface area contributed by atoms with E-state index in [1.165, 1.54) is 12.1 Å². The fraction of sp³-hybridized carbons (Fsp3) is 0.333. The van der Waals surface area contributed by atoms with Crippen LogP contribution >= 0.6 is 0 Å². The average molecular weight is 330 g/mol. The van der Waals surface area contributed by atoms with Gasteiger partial charge in [-0.15, -0.1) is 0 Å². The lowest BCUT2D eigenvalue weighted by Gasteiger charge is -2.27. The molecule has 1 aromatic heterocycles. The highest BCUT2D eigenvalue weighted by Gasteiger charge is 2.43. The number of benzene rings is 1. The number of amides is 2. The van der Waals surface area contributed by atoms with Gasteiger partial charge in [0.05, 0.1) is 24.8 Å². The number of nitrogens with zero attached hydrogens (tertiary/aromatic N) is 2. The first-order valence-corrected chi connectivity index (χ1v) is 7.76. The zero-order valence-electron chi connectivity index (χ0n) is 13.6. The predicted molar refractivity (Wildman–Crippen MR) is 85.2 cm³/mol. The van der Waals surface area contributed by atoms with Crippen molar-refractivity contribution >= 4 is 11.8 Å². The van der Waals surface area contributed by atoms with E-state index in [-0.39, 0.29) is 30.1 Å². The van der Waals surface area contributed by atoms with Crippen molar-refractivity contribution in [3.05, 3.63) is 59.8 Å². The summed E-state index contributed by atoms with van der Waals surface area (Å²) in [5, 5.41) is 0. The third-order valence-corrected chi connectivity index (χ3v) is 4.46. The third kappa shape index (κ3) is 3.04. The van der Waals surface area contributed by atoms with Crippen molar-refractivity contribution in [3.63, 3.8) is 0 Å². The van der Waals surface area contributed by atoms with Gasteiger partial charge in [-0.2, -0.15) is 0 Å². The number of hydrogen-bond acceptors (Lipinski definition) is 3. The fourth-order valence-electron chi connectivity index (χ4n) is 3.20. The Labute approximate surface area is 139 Å². The zero-order chi connectivity index (χ0) is 17.3. The van der Waals surface area contributed by atoms with Crippen LogP contribution in [-0.2, 0) is 16.1 Å². The second-order valence-corrected chi connectivity index (χ2v) is 6.09. The van der Waals surface area contributed by atoms with Gasteiger partial charge in [0.15, 0.2) is 0 Å². The second kappa shape index (κ2) is 6.47. The highest BCUT2D eigenvalue weighted by Crippen LogP contribution is 2.38. The summed E-state index contributed by atoms with van der Waals surface area (Å²) >= 11 is 0. The highest BCUT2D eigenvalue weighted by atomic mass is 19.1. The quantitative estimate of drug-likeness (QED) is 0.866. The van der Waals surface area contributed by atoms with E-state index in [9.17, 15) is 14.0 Å². The summed E-state index contributed by atoms with van der Waals surface area (Å²) in [4.78, 5) is 28.1. The summed E-state index contributed by atoms with van der Waals surface area (Å²) in [5.74, 6) is -0.370. The molecule has 0 bridgehead atoms. The molecule has 6 heteroatoms. The molecule has 3 rings (SSSR count). The first-order chi connectivity index (χ1) is 11.5. The molecule has 2 amide bonds. The molecule has 1 fully saturated rings. The van der Waals surface area contributed by atoms with Crippen LogP contribution in [0.4, 0.5) is 4.39 Å². The number of halogens is 1. The number of carbonyl (C=O) groups excluding carboxylic acids is 2. The molecule has 0 radical (unpaired) electrons. The molecule has 126 valence electrons. The zero-order valence-corrected chi connectivity index (χ0v) is 13.6. The van der Waals surface area contributed by atoms with Crippen molar-refractivity contribution in [2.45, 2.75) is 19.0 Å². The summed E-state index contributed by atoms with van der Waals surface area (Å²) in [6.07, 6.45) is 1.71. The number of hydrogen-bond donors (Lipinski definition) is 0. The van der Waals surface area contributed by atoms with E-state index >= 15 is 0 Å². The molecular formula is C18H19FN2O3. The molecule has 1 saturated heterocycles. The fourth-order valence-corrected chi connectivity index (χ4v) is 3.20. The van der Waals surface area contributed by atoms with Crippen molar-refractivity contribution in [1.29, 1.82) is 0 Å². The SMILES string of the molecule is CN(Cc1ccco1)C(=O)[C@H]1CC(=O)N(C)[C@H]1c1ccc(F)cc1. The van der Waals surface area contributed by atoms with Crippen LogP contribution in [0.3, 0.4) is 0 Å². The van der Waals surface area contributed by atoms with Gasteiger partial charge in [-0.3, -0.25) is 9.59 Å². The van der Waals surface area contributed by atoms with E-state index in [1.54, 1.807) is 54.4 Å². The van der Waals surface area contributed by atoms with Gasteiger partial charge in [0.2, 0.25) is 11.8 Å². The number of furan rings is 1. The summed E-state index contributed by atoms with van der Waals surface area (Å²) < 4.78 is 18.4. The molecule has 0 saturated carbocycles. The molecule has 0 unspecified atom stereocenters. The third-order valence-electron chi connectivity index (χ3n) is 4.46. The lowest BCUT2D eigenvalue weighted by atomic mass is 9.92. The minimum atomic E-state index is -0.493. The molecule has 2 aromatic rings. The highest BCUT2D eigenvalue weighted by molar-refractivity contribution is 5.90. The lowest BCUT2D eigenvalue weighted by molar-refractivity contribution is -0.136. The maximum atomic E-state index is 13.2. The van der Waals surface area contributed by atoms with Crippen molar-refractivity contribution in [3.8, 4) is 0 Å². The normalized spacial score (nSPS) is 20.5. The van der Waals surface area contributed by atoms with Gasteiger partial charge >= 0.3 is 0 Å². The standard InChI is InChI=1S/C18H19FN2O3/c1-20(11-14-4-3-9-24-14)18(23)15-10-16(22)21(2)17(15)12-5-7-13(19)8-6-12/h3-9,15,17H,10-11H2,1-2H3/t15-,17-/m0/s1. The molecule has 2 atom stereocenters. The van der Waals surface area contributed by atoms with Crippen molar-refractivity contribution in [2.24, 2.45) is 5.92 Å². The molecule has 0 spiro atoms. The Morgan fingerprint density at radius 3 is 2.67 bits per heavy atom. The summed E-state index contributed by atoms with van der Waals surface area (Å²) in [6, 6.07) is 9.13. The maximum Gasteiger partial charge on any atom is 0.228 e. The largest absolute Gasteiger partial charge is 0.467 e. The number of carbonyl (C=O) groups is 2. The Hall–Kier alpha value is -2.63. The predicted octanol–water partition coefficient (Wildman–Crippen LogP) is 2.60. The van der Waals surface area contributed by atoms with Crippen LogP contribution in [0.1, 0.15) is 23.8 Å². The van der Waals surface area contributed by atoms with Gasteiger partial charge in [-0.25, -0.2) is 4.39 Å². The average Bonchev–Trinajstić information content (AvgIpc) is 3.17. The summed E-state index contributed by atoms with van der Waals surface area (Å²) in [5.41, 5.74) is 0.759. The van der Waals surface area contributed by atoms with Crippen LogP contribution in [0.2, 0.25) is 0 Å². The van der Waals surface area contributed by atoms with E-state index < -0.39 is 5.92 Å². The van der Waals surface area contributed by atoms with Crippen LogP contribution in [0.5, 0.6) is 0 Å². The molecular weight excluding hydrogens is 311 g/mol. The summed E-state index contributed by atoms with van der Waals surface area (Å²) in [6.45, 7) is 0.344. The molecule has 2 heterocycles. The molecule has 0 N–H and O–H groups in total. The molecule has 5 nitrogen and oxygen atoms in total. The van der Waals surface area contributed by atoms with Crippen LogP contribution in [-0.4, -0.2) is 35.7 Å².